The molecule has 0 aliphatic carbocycles. The summed E-state index contributed by atoms with van der Waals surface area (Å²) in [5, 5.41) is -0.314. The average molecular weight is 512 g/mol. The van der Waals surface area contributed by atoms with Crippen LogP contribution in [0, 0.1) is 0 Å². The Kier molecular flexibility index (Phi) is 6.62. The topological polar surface area (TPSA) is 76.8 Å². The maximum absolute atomic E-state index is 12.7. The van der Waals surface area contributed by atoms with E-state index in [1.165, 1.54) is 4.90 Å². The molecule has 0 N–H and O–H groups in total. The Hall–Kier alpha value is -3.10. The van der Waals surface area contributed by atoms with Crippen LogP contribution in [0.15, 0.2) is 74.5 Å². The van der Waals surface area contributed by atoms with E-state index in [0.29, 0.717) is 28.6 Å². The van der Waals surface area contributed by atoms with Gasteiger partial charge in [0, 0.05) is 16.1 Å². The zero-order valence-corrected chi connectivity index (χ0v) is 19.4. The SMILES string of the molecule is CCOC(=O)c1ccc(-c2ccc(/C=C3\SC(=O)N(Cc4ccc(Br)cc4)C3=O)o2)cc1. The number of furan rings is 1. The van der Waals surface area contributed by atoms with Crippen molar-refractivity contribution in [2.24, 2.45) is 0 Å². The van der Waals surface area contributed by atoms with E-state index in [9.17, 15) is 14.4 Å². The van der Waals surface area contributed by atoms with Crippen LogP contribution in [0.1, 0.15) is 28.6 Å². The highest BCUT2D eigenvalue weighted by Crippen LogP contribution is 2.34. The first-order valence-electron chi connectivity index (χ1n) is 9.82. The van der Waals surface area contributed by atoms with Gasteiger partial charge in [-0.3, -0.25) is 14.5 Å². The number of carbonyl (C=O) groups excluding carboxylic acids is 3. The summed E-state index contributed by atoms with van der Waals surface area (Å²) in [4.78, 5) is 38.4. The van der Waals surface area contributed by atoms with Crippen LogP contribution in [0.25, 0.3) is 17.4 Å². The zero-order chi connectivity index (χ0) is 22.7. The fourth-order valence-corrected chi connectivity index (χ4v) is 4.19. The van der Waals surface area contributed by atoms with Crippen molar-refractivity contribution in [2.75, 3.05) is 6.61 Å². The molecule has 1 aliphatic rings. The van der Waals surface area contributed by atoms with E-state index in [0.717, 1.165) is 27.4 Å². The lowest BCUT2D eigenvalue weighted by Gasteiger charge is -2.12. The standard InChI is InChI=1S/C24H18BrNO5S/c1-2-30-23(28)17-7-5-16(6-8-17)20-12-11-19(31-20)13-21-22(27)26(24(29)32-21)14-15-3-9-18(25)10-4-15/h3-13H,2,14H2,1H3/b21-13-. The number of hydrogen-bond acceptors (Lipinski definition) is 6. The molecule has 2 heterocycles. The van der Waals surface area contributed by atoms with E-state index < -0.39 is 0 Å². The number of esters is 1. The van der Waals surface area contributed by atoms with Gasteiger partial charge in [0.15, 0.2) is 0 Å². The van der Waals surface area contributed by atoms with Crippen molar-refractivity contribution < 1.29 is 23.5 Å². The summed E-state index contributed by atoms with van der Waals surface area (Å²) in [7, 11) is 0. The number of thioether (sulfide) groups is 1. The minimum Gasteiger partial charge on any atom is -0.462 e. The summed E-state index contributed by atoms with van der Waals surface area (Å²) in [5.41, 5.74) is 2.10. The molecule has 0 unspecified atom stereocenters. The molecular weight excluding hydrogens is 494 g/mol. The summed E-state index contributed by atoms with van der Waals surface area (Å²) < 4.78 is 11.8. The molecule has 162 valence electrons. The van der Waals surface area contributed by atoms with Crippen LogP contribution in [0.5, 0.6) is 0 Å². The smallest absolute Gasteiger partial charge is 0.338 e. The lowest BCUT2D eigenvalue weighted by molar-refractivity contribution is -0.123. The summed E-state index contributed by atoms with van der Waals surface area (Å²) in [6.45, 7) is 2.29. The Labute approximate surface area is 197 Å². The predicted molar refractivity (Wildman–Crippen MR) is 126 cm³/mol. The van der Waals surface area contributed by atoms with E-state index in [2.05, 4.69) is 15.9 Å². The molecule has 1 aliphatic heterocycles. The van der Waals surface area contributed by atoms with Gasteiger partial charge < -0.3 is 9.15 Å². The predicted octanol–water partition coefficient (Wildman–Crippen LogP) is 6.12. The van der Waals surface area contributed by atoms with Gasteiger partial charge in [-0.15, -0.1) is 0 Å². The number of ether oxygens (including phenoxy) is 1. The number of carbonyl (C=O) groups is 3. The number of amides is 2. The van der Waals surface area contributed by atoms with E-state index in [-0.39, 0.29) is 23.7 Å². The largest absolute Gasteiger partial charge is 0.462 e. The van der Waals surface area contributed by atoms with Crippen LogP contribution in [0.4, 0.5) is 4.79 Å². The van der Waals surface area contributed by atoms with E-state index in [1.54, 1.807) is 49.4 Å². The minimum atomic E-state index is -0.377. The third kappa shape index (κ3) is 4.87. The Bertz CT molecular complexity index is 1200. The van der Waals surface area contributed by atoms with Crippen molar-refractivity contribution in [3.05, 3.63) is 86.9 Å². The Morgan fingerprint density at radius 1 is 1.06 bits per heavy atom. The van der Waals surface area contributed by atoms with E-state index in [1.807, 2.05) is 24.3 Å². The Morgan fingerprint density at radius 2 is 1.78 bits per heavy atom. The molecule has 6 nitrogen and oxygen atoms in total. The first-order valence-corrected chi connectivity index (χ1v) is 11.4. The van der Waals surface area contributed by atoms with Crippen LogP contribution in [-0.4, -0.2) is 28.6 Å². The van der Waals surface area contributed by atoms with Gasteiger partial charge in [-0.25, -0.2) is 4.79 Å². The van der Waals surface area contributed by atoms with Gasteiger partial charge >= 0.3 is 5.97 Å². The zero-order valence-electron chi connectivity index (χ0n) is 17.0. The number of hydrogen-bond donors (Lipinski definition) is 0. The minimum absolute atomic E-state index is 0.214. The second-order valence-electron chi connectivity index (χ2n) is 6.89. The van der Waals surface area contributed by atoms with Gasteiger partial charge in [0.1, 0.15) is 11.5 Å². The van der Waals surface area contributed by atoms with Crippen molar-refractivity contribution in [2.45, 2.75) is 13.5 Å². The number of benzene rings is 2. The molecule has 0 saturated carbocycles. The number of halogens is 1. The molecule has 0 radical (unpaired) electrons. The van der Waals surface area contributed by atoms with E-state index >= 15 is 0 Å². The van der Waals surface area contributed by atoms with Crippen molar-refractivity contribution in [3.63, 3.8) is 0 Å². The Balaban J connectivity index is 1.48. The first kappa shape index (κ1) is 22.1. The van der Waals surface area contributed by atoms with Gasteiger partial charge in [-0.2, -0.15) is 0 Å². The summed E-state index contributed by atoms with van der Waals surface area (Å²) in [6.07, 6.45) is 1.57. The van der Waals surface area contributed by atoms with Gasteiger partial charge in [0.25, 0.3) is 11.1 Å². The monoisotopic (exact) mass is 511 g/mol. The van der Waals surface area contributed by atoms with Crippen molar-refractivity contribution in [3.8, 4) is 11.3 Å². The molecule has 8 heteroatoms. The normalized spacial score (nSPS) is 14.9. The molecule has 1 saturated heterocycles. The molecule has 2 aromatic carbocycles. The quantitative estimate of drug-likeness (QED) is 0.293. The van der Waals surface area contributed by atoms with Crippen molar-refractivity contribution in [1.82, 2.24) is 4.90 Å². The number of rotatable bonds is 6. The molecule has 4 rings (SSSR count). The fraction of sp³-hybridized carbons (Fsp3) is 0.125. The fourth-order valence-electron chi connectivity index (χ4n) is 3.11. The maximum atomic E-state index is 12.7. The second-order valence-corrected chi connectivity index (χ2v) is 8.80. The molecule has 0 bridgehead atoms. The molecule has 32 heavy (non-hydrogen) atoms. The molecule has 0 spiro atoms. The molecule has 1 aromatic heterocycles. The molecule has 2 amide bonds. The number of imide groups is 1. The van der Waals surface area contributed by atoms with Crippen LogP contribution < -0.4 is 0 Å². The second kappa shape index (κ2) is 9.58. The molecule has 0 atom stereocenters. The summed E-state index contributed by atoms with van der Waals surface area (Å²) in [5.74, 6) is 0.321. The van der Waals surface area contributed by atoms with Crippen molar-refractivity contribution in [1.29, 1.82) is 0 Å². The average Bonchev–Trinajstić information content (AvgIpc) is 3.36. The highest BCUT2D eigenvalue weighted by atomic mass is 79.9. The van der Waals surface area contributed by atoms with Crippen LogP contribution in [0.2, 0.25) is 0 Å². The lowest BCUT2D eigenvalue weighted by Crippen LogP contribution is -2.27. The van der Waals surface area contributed by atoms with Gasteiger partial charge in [-0.05, 0) is 60.6 Å². The summed E-state index contributed by atoms with van der Waals surface area (Å²) >= 11 is 4.26. The van der Waals surface area contributed by atoms with Crippen LogP contribution in [-0.2, 0) is 16.1 Å². The van der Waals surface area contributed by atoms with Gasteiger partial charge in [0.05, 0.1) is 23.6 Å². The molecule has 1 fully saturated rings. The van der Waals surface area contributed by atoms with Crippen LogP contribution in [0.3, 0.4) is 0 Å². The third-order valence-electron chi connectivity index (χ3n) is 4.71. The molecule has 3 aromatic rings. The van der Waals surface area contributed by atoms with Crippen LogP contribution >= 0.6 is 27.7 Å². The number of nitrogens with zero attached hydrogens (tertiary/aromatic N) is 1. The molecular formula is C24H18BrNO5S. The first-order chi connectivity index (χ1) is 15.4. The highest BCUT2D eigenvalue weighted by Gasteiger charge is 2.35. The van der Waals surface area contributed by atoms with Gasteiger partial charge in [-0.1, -0.05) is 40.2 Å². The Morgan fingerprint density at radius 3 is 2.47 bits per heavy atom. The van der Waals surface area contributed by atoms with Crippen molar-refractivity contribution >= 4 is 50.9 Å². The lowest BCUT2D eigenvalue weighted by atomic mass is 10.1. The van der Waals surface area contributed by atoms with Gasteiger partial charge in [0.2, 0.25) is 0 Å². The third-order valence-corrected chi connectivity index (χ3v) is 6.14. The highest BCUT2D eigenvalue weighted by molar-refractivity contribution is 9.10. The summed E-state index contributed by atoms with van der Waals surface area (Å²) in [6, 6.07) is 17.8. The van der Waals surface area contributed by atoms with E-state index in [4.69, 9.17) is 9.15 Å². The maximum Gasteiger partial charge on any atom is 0.338 e.